The minimum absolute atomic E-state index is 0.0750. The van der Waals surface area contributed by atoms with Crippen LogP contribution in [-0.2, 0) is 4.79 Å². The molecule has 1 aliphatic heterocycles. The first kappa shape index (κ1) is 13.6. The number of hydrogen-bond acceptors (Lipinski definition) is 2. The van der Waals surface area contributed by atoms with Crippen LogP contribution in [-0.4, -0.2) is 13.0 Å². The number of rotatable bonds is 2. The van der Waals surface area contributed by atoms with Crippen molar-refractivity contribution in [2.24, 2.45) is 0 Å². The van der Waals surface area contributed by atoms with Crippen molar-refractivity contribution in [3.63, 3.8) is 0 Å². The number of hydrogen-bond donors (Lipinski definition) is 1. The highest BCUT2D eigenvalue weighted by molar-refractivity contribution is 5.97. The van der Waals surface area contributed by atoms with Gasteiger partial charge in [0, 0.05) is 18.4 Å². The Hall–Kier alpha value is -2.36. The molecule has 2 aromatic rings. The van der Waals surface area contributed by atoms with E-state index in [-0.39, 0.29) is 17.8 Å². The second-order valence-electron chi connectivity index (χ2n) is 5.37. The minimum Gasteiger partial charge on any atom is -0.377 e. The van der Waals surface area contributed by atoms with Crippen molar-refractivity contribution in [1.29, 1.82) is 0 Å². The van der Waals surface area contributed by atoms with Crippen molar-refractivity contribution in [1.82, 2.24) is 0 Å². The smallest absolute Gasteiger partial charge is 0.229 e. The first-order chi connectivity index (χ1) is 10.1. The van der Waals surface area contributed by atoms with Crippen LogP contribution in [0.3, 0.4) is 0 Å². The van der Waals surface area contributed by atoms with Crippen molar-refractivity contribution >= 4 is 17.3 Å². The molecule has 1 N–H and O–H groups in total. The van der Waals surface area contributed by atoms with Gasteiger partial charge in [-0.3, -0.25) is 4.79 Å². The lowest BCUT2D eigenvalue weighted by Gasteiger charge is -2.32. The van der Waals surface area contributed by atoms with Crippen LogP contribution >= 0.6 is 0 Å². The summed E-state index contributed by atoms with van der Waals surface area (Å²) in [7, 11) is 1.79. The number of carbonyl (C=O) groups is 1. The summed E-state index contributed by atoms with van der Waals surface area (Å²) in [5.74, 6) is -0.177. The van der Waals surface area contributed by atoms with Crippen LogP contribution in [0.15, 0.2) is 42.5 Å². The molecular weight excluding hydrogens is 267 g/mol. The number of aryl methyl sites for hydroxylation is 1. The molecule has 1 atom stereocenters. The van der Waals surface area contributed by atoms with Gasteiger partial charge in [-0.2, -0.15) is 0 Å². The van der Waals surface area contributed by atoms with Crippen molar-refractivity contribution in [3.05, 3.63) is 59.4 Å². The van der Waals surface area contributed by atoms with Crippen LogP contribution in [0.5, 0.6) is 0 Å². The molecular formula is C17H17FN2O. The van der Waals surface area contributed by atoms with E-state index in [0.717, 1.165) is 22.5 Å². The number of nitrogens with one attached hydrogen (secondary N) is 1. The summed E-state index contributed by atoms with van der Waals surface area (Å²) >= 11 is 0. The van der Waals surface area contributed by atoms with Gasteiger partial charge in [-0.05, 0) is 42.3 Å². The average Bonchev–Trinajstić information content (AvgIpc) is 2.47. The maximum Gasteiger partial charge on any atom is 0.229 e. The molecule has 0 aromatic heterocycles. The summed E-state index contributed by atoms with van der Waals surface area (Å²) in [6, 6.07) is 12.4. The Morgan fingerprint density at radius 1 is 1.24 bits per heavy atom. The molecule has 4 heteroatoms. The van der Waals surface area contributed by atoms with E-state index in [0.29, 0.717) is 6.42 Å². The molecule has 0 spiro atoms. The quantitative estimate of drug-likeness (QED) is 0.913. The molecule has 2 aromatic carbocycles. The Labute approximate surface area is 123 Å². The fourth-order valence-corrected chi connectivity index (χ4v) is 2.75. The number of fused-ring (bicyclic) bond motifs is 1. The predicted octanol–water partition coefficient (Wildman–Crippen LogP) is 3.65. The second-order valence-corrected chi connectivity index (χ2v) is 5.37. The molecule has 1 unspecified atom stereocenters. The Bertz CT molecular complexity index is 699. The molecule has 108 valence electrons. The third-order valence-electron chi connectivity index (χ3n) is 3.94. The lowest BCUT2D eigenvalue weighted by molar-refractivity contribution is -0.118. The van der Waals surface area contributed by atoms with Gasteiger partial charge in [-0.25, -0.2) is 4.39 Å². The number of anilines is 2. The van der Waals surface area contributed by atoms with E-state index in [9.17, 15) is 9.18 Å². The molecule has 0 aliphatic carbocycles. The van der Waals surface area contributed by atoms with Gasteiger partial charge in [-0.15, -0.1) is 0 Å². The van der Waals surface area contributed by atoms with Gasteiger partial charge in [-0.1, -0.05) is 18.2 Å². The number of carbonyl (C=O) groups excluding carboxylic acids is 1. The van der Waals surface area contributed by atoms with Gasteiger partial charge in [0.15, 0.2) is 0 Å². The average molecular weight is 284 g/mol. The number of nitrogens with zero attached hydrogens (tertiary/aromatic N) is 1. The molecule has 0 bridgehead atoms. The van der Waals surface area contributed by atoms with Gasteiger partial charge in [0.05, 0.1) is 12.5 Å². The highest BCUT2D eigenvalue weighted by atomic mass is 19.1. The number of para-hydroxylation sites is 1. The Kier molecular flexibility index (Phi) is 3.37. The van der Waals surface area contributed by atoms with E-state index >= 15 is 0 Å². The highest BCUT2D eigenvalue weighted by Crippen LogP contribution is 2.36. The lowest BCUT2D eigenvalue weighted by atomic mass is 9.95. The third kappa shape index (κ3) is 2.49. The zero-order valence-electron chi connectivity index (χ0n) is 12.1. The van der Waals surface area contributed by atoms with Crippen molar-refractivity contribution in [3.8, 4) is 0 Å². The van der Waals surface area contributed by atoms with E-state index in [2.05, 4.69) is 5.32 Å². The van der Waals surface area contributed by atoms with Crippen molar-refractivity contribution in [2.75, 3.05) is 17.3 Å². The zero-order chi connectivity index (χ0) is 15.0. The number of halogens is 1. The molecule has 1 amide bonds. The van der Waals surface area contributed by atoms with Crippen molar-refractivity contribution in [2.45, 2.75) is 19.4 Å². The van der Waals surface area contributed by atoms with E-state index in [1.807, 2.05) is 31.2 Å². The standard InChI is InChI=1S/C17H17FN2O/c1-11-9-12(18)7-8-14(11)19-15-10-17(21)20(2)16-6-4-3-5-13(15)16/h3-9,15,19H,10H2,1-2H3. The van der Waals surface area contributed by atoms with E-state index in [1.165, 1.54) is 12.1 Å². The fraction of sp³-hybridized carbons (Fsp3) is 0.235. The Morgan fingerprint density at radius 3 is 2.76 bits per heavy atom. The maximum absolute atomic E-state index is 13.2. The van der Waals surface area contributed by atoms with Crippen LogP contribution < -0.4 is 10.2 Å². The second kappa shape index (κ2) is 5.20. The van der Waals surface area contributed by atoms with Crippen LogP contribution in [0.2, 0.25) is 0 Å². The van der Waals surface area contributed by atoms with E-state index < -0.39 is 0 Å². The van der Waals surface area contributed by atoms with E-state index in [1.54, 1.807) is 18.0 Å². The summed E-state index contributed by atoms with van der Waals surface area (Å²) in [5, 5.41) is 3.37. The van der Waals surface area contributed by atoms with Gasteiger partial charge < -0.3 is 10.2 Å². The molecule has 0 saturated carbocycles. The number of benzene rings is 2. The SMILES string of the molecule is Cc1cc(F)ccc1NC1CC(=O)N(C)c2ccccc21. The topological polar surface area (TPSA) is 32.3 Å². The predicted molar refractivity (Wildman–Crippen MR) is 82.0 cm³/mol. The Morgan fingerprint density at radius 2 is 2.00 bits per heavy atom. The number of amides is 1. The summed E-state index contributed by atoms with van der Waals surface area (Å²) in [4.78, 5) is 13.8. The molecule has 1 aliphatic rings. The molecule has 21 heavy (non-hydrogen) atoms. The van der Waals surface area contributed by atoms with Crippen LogP contribution in [0.25, 0.3) is 0 Å². The third-order valence-corrected chi connectivity index (χ3v) is 3.94. The van der Waals surface area contributed by atoms with Gasteiger partial charge in [0.2, 0.25) is 5.91 Å². The van der Waals surface area contributed by atoms with Gasteiger partial charge >= 0.3 is 0 Å². The van der Waals surface area contributed by atoms with Gasteiger partial charge in [0.1, 0.15) is 5.82 Å². The summed E-state index contributed by atoms with van der Waals surface area (Å²) in [5.41, 5.74) is 3.70. The van der Waals surface area contributed by atoms with Crippen molar-refractivity contribution < 1.29 is 9.18 Å². The monoisotopic (exact) mass is 284 g/mol. The normalized spacial score (nSPS) is 17.6. The van der Waals surface area contributed by atoms with Crippen LogP contribution in [0.1, 0.15) is 23.6 Å². The maximum atomic E-state index is 13.2. The molecule has 0 fully saturated rings. The zero-order valence-corrected chi connectivity index (χ0v) is 12.1. The Balaban J connectivity index is 1.96. The first-order valence-electron chi connectivity index (χ1n) is 6.94. The fourth-order valence-electron chi connectivity index (χ4n) is 2.75. The summed E-state index contributed by atoms with van der Waals surface area (Å²) < 4.78 is 13.2. The summed E-state index contributed by atoms with van der Waals surface area (Å²) in [6.07, 6.45) is 0.393. The van der Waals surface area contributed by atoms with Crippen LogP contribution in [0, 0.1) is 12.7 Å². The first-order valence-corrected chi connectivity index (χ1v) is 6.94. The highest BCUT2D eigenvalue weighted by Gasteiger charge is 2.28. The molecule has 3 rings (SSSR count). The minimum atomic E-state index is -0.252. The molecule has 3 nitrogen and oxygen atoms in total. The molecule has 1 heterocycles. The molecule has 0 saturated heterocycles. The summed E-state index contributed by atoms with van der Waals surface area (Å²) in [6.45, 7) is 1.86. The van der Waals surface area contributed by atoms with Gasteiger partial charge in [0.25, 0.3) is 0 Å². The lowest BCUT2D eigenvalue weighted by Crippen LogP contribution is -2.35. The van der Waals surface area contributed by atoms with E-state index in [4.69, 9.17) is 0 Å². The molecule has 0 radical (unpaired) electrons. The largest absolute Gasteiger partial charge is 0.377 e. The van der Waals surface area contributed by atoms with Crippen LogP contribution in [0.4, 0.5) is 15.8 Å².